The smallest absolute Gasteiger partial charge is 0.306 e. The molecular formula is C76H128O6. The van der Waals surface area contributed by atoms with E-state index in [2.05, 4.69) is 142 Å². The summed E-state index contributed by atoms with van der Waals surface area (Å²) in [5.41, 5.74) is 0. The van der Waals surface area contributed by atoms with Crippen LogP contribution in [0.25, 0.3) is 0 Å². The van der Waals surface area contributed by atoms with Gasteiger partial charge < -0.3 is 14.2 Å². The molecule has 0 aliphatic rings. The zero-order valence-electron chi connectivity index (χ0n) is 53.7. The second kappa shape index (κ2) is 69.3. The highest BCUT2D eigenvalue weighted by Gasteiger charge is 2.19. The predicted molar refractivity (Wildman–Crippen MR) is 357 cm³/mol. The number of allylic oxidation sites excluding steroid dienone is 20. The Morgan fingerprint density at radius 3 is 0.768 bits per heavy atom. The molecule has 468 valence electrons. The number of carbonyl (C=O) groups is 3. The highest BCUT2D eigenvalue weighted by Crippen LogP contribution is 2.16. The van der Waals surface area contributed by atoms with Crippen molar-refractivity contribution in [3.8, 4) is 0 Å². The quantitative estimate of drug-likeness (QED) is 0.0261. The van der Waals surface area contributed by atoms with Crippen LogP contribution in [0.4, 0.5) is 0 Å². The van der Waals surface area contributed by atoms with Gasteiger partial charge in [0.15, 0.2) is 6.10 Å². The van der Waals surface area contributed by atoms with E-state index < -0.39 is 6.10 Å². The average Bonchev–Trinajstić information content (AvgIpc) is 3.47. The summed E-state index contributed by atoms with van der Waals surface area (Å²) < 4.78 is 17.0. The largest absolute Gasteiger partial charge is 0.462 e. The van der Waals surface area contributed by atoms with Crippen LogP contribution in [-0.4, -0.2) is 37.2 Å². The van der Waals surface area contributed by atoms with Crippen LogP contribution in [-0.2, 0) is 28.6 Å². The monoisotopic (exact) mass is 1140 g/mol. The van der Waals surface area contributed by atoms with Crippen molar-refractivity contribution in [3.05, 3.63) is 122 Å². The van der Waals surface area contributed by atoms with Gasteiger partial charge >= 0.3 is 17.9 Å². The van der Waals surface area contributed by atoms with Crippen molar-refractivity contribution in [2.45, 2.75) is 329 Å². The van der Waals surface area contributed by atoms with Gasteiger partial charge in [0.05, 0.1) is 0 Å². The predicted octanol–water partition coefficient (Wildman–Crippen LogP) is 23.9. The first-order chi connectivity index (χ1) is 40.5. The van der Waals surface area contributed by atoms with E-state index in [9.17, 15) is 14.4 Å². The Kier molecular flexibility index (Phi) is 65.8. The van der Waals surface area contributed by atoms with E-state index in [-0.39, 0.29) is 31.1 Å². The lowest BCUT2D eigenvalue weighted by atomic mass is 10.0. The minimum absolute atomic E-state index is 0.0861. The second-order valence-electron chi connectivity index (χ2n) is 22.7. The van der Waals surface area contributed by atoms with Crippen molar-refractivity contribution < 1.29 is 28.6 Å². The molecule has 0 fully saturated rings. The normalized spacial score (nSPS) is 12.9. The van der Waals surface area contributed by atoms with Gasteiger partial charge in [-0.2, -0.15) is 0 Å². The van der Waals surface area contributed by atoms with Crippen molar-refractivity contribution >= 4 is 17.9 Å². The number of ether oxygens (including phenoxy) is 3. The van der Waals surface area contributed by atoms with Gasteiger partial charge in [0.1, 0.15) is 13.2 Å². The van der Waals surface area contributed by atoms with Gasteiger partial charge in [0, 0.05) is 19.3 Å². The Balaban J connectivity index is 4.39. The zero-order valence-corrected chi connectivity index (χ0v) is 53.7. The van der Waals surface area contributed by atoms with E-state index in [0.29, 0.717) is 19.3 Å². The molecule has 0 aromatic heterocycles. The van der Waals surface area contributed by atoms with E-state index in [1.165, 1.54) is 148 Å². The first-order valence-corrected chi connectivity index (χ1v) is 34.5. The molecule has 0 heterocycles. The van der Waals surface area contributed by atoms with Crippen molar-refractivity contribution in [3.63, 3.8) is 0 Å². The van der Waals surface area contributed by atoms with E-state index in [0.717, 1.165) is 135 Å². The fourth-order valence-electron chi connectivity index (χ4n) is 9.55. The van der Waals surface area contributed by atoms with Crippen LogP contribution in [0.5, 0.6) is 0 Å². The minimum atomic E-state index is -0.793. The fourth-order valence-corrected chi connectivity index (χ4v) is 9.55. The number of unbranched alkanes of at least 4 members (excludes halogenated alkanes) is 31. The van der Waals surface area contributed by atoms with Crippen LogP contribution in [0.15, 0.2) is 122 Å². The first-order valence-electron chi connectivity index (χ1n) is 34.5. The molecule has 0 rings (SSSR count). The van der Waals surface area contributed by atoms with Crippen molar-refractivity contribution in [2.75, 3.05) is 13.2 Å². The maximum Gasteiger partial charge on any atom is 0.306 e. The topological polar surface area (TPSA) is 78.9 Å². The summed E-state index contributed by atoms with van der Waals surface area (Å²) in [7, 11) is 0. The van der Waals surface area contributed by atoms with Crippen LogP contribution in [0.2, 0.25) is 0 Å². The summed E-state index contributed by atoms with van der Waals surface area (Å²) in [4.78, 5) is 38.4. The number of rotatable bonds is 62. The van der Waals surface area contributed by atoms with E-state index >= 15 is 0 Å². The molecule has 1 unspecified atom stereocenters. The molecule has 6 heteroatoms. The first kappa shape index (κ1) is 77.8. The molecule has 0 N–H and O–H groups in total. The number of hydrogen-bond acceptors (Lipinski definition) is 6. The van der Waals surface area contributed by atoms with Crippen LogP contribution in [0.1, 0.15) is 323 Å². The van der Waals surface area contributed by atoms with E-state index in [1.807, 2.05) is 0 Å². The number of esters is 3. The average molecular weight is 1140 g/mol. The molecule has 0 aliphatic heterocycles. The summed E-state index contributed by atoms with van der Waals surface area (Å²) in [6.45, 7) is 6.51. The van der Waals surface area contributed by atoms with Gasteiger partial charge in [-0.1, -0.05) is 309 Å². The van der Waals surface area contributed by atoms with E-state index in [4.69, 9.17) is 14.2 Å². The summed E-state index contributed by atoms with van der Waals surface area (Å²) in [6, 6.07) is 0. The van der Waals surface area contributed by atoms with E-state index in [1.54, 1.807) is 0 Å². The molecule has 0 radical (unpaired) electrons. The molecule has 0 spiro atoms. The third kappa shape index (κ3) is 66.6. The third-order valence-corrected chi connectivity index (χ3v) is 14.7. The lowest BCUT2D eigenvalue weighted by Gasteiger charge is -2.18. The standard InChI is InChI=1S/C76H128O6/c1-4-7-10-13-16-19-22-25-28-31-33-34-35-36-37-38-39-40-41-42-44-45-48-51-54-57-60-63-66-69-75(78)81-72-73(71-80-74(77)68-65-62-59-56-53-50-47-30-27-24-21-18-15-12-9-6-3)82-76(79)70-67-64-61-58-55-52-49-46-43-32-29-26-23-20-17-14-11-8-5-2/h7,10,16-17,19-20,25-26,28-29,33-34,36-37,39-40,42-44,46,73H,4-6,8-9,11-15,18,21-24,27,30-32,35,38,41,45,47-72H2,1-3H3/b10-7-,19-16-,20-17-,28-25-,29-26-,34-33-,37-36-,40-39-,44-42-,46-43-. The summed E-state index contributed by atoms with van der Waals surface area (Å²) in [5, 5.41) is 0. The van der Waals surface area contributed by atoms with Gasteiger partial charge in [-0.05, 0) is 116 Å². The van der Waals surface area contributed by atoms with Gasteiger partial charge in [-0.3, -0.25) is 14.4 Å². The minimum Gasteiger partial charge on any atom is -0.462 e. The molecule has 0 aromatic carbocycles. The Morgan fingerprint density at radius 1 is 0.256 bits per heavy atom. The Labute approximate surface area is 507 Å². The molecule has 0 bridgehead atoms. The molecule has 0 aromatic rings. The lowest BCUT2D eigenvalue weighted by Crippen LogP contribution is -2.30. The fraction of sp³-hybridized carbons (Fsp3) is 0.697. The molecule has 1 atom stereocenters. The highest BCUT2D eigenvalue weighted by molar-refractivity contribution is 5.71. The van der Waals surface area contributed by atoms with Crippen molar-refractivity contribution in [1.29, 1.82) is 0 Å². The van der Waals surface area contributed by atoms with Gasteiger partial charge in [0.25, 0.3) is 0 Å². The van der Waals surface area contributed by atoms with Gasteiger partial charge in [-0.25, -0.2) is 0 Å². The second-order valence-corrected chi connectivity index (χ2v) is 22.7. The third-order valence-electron chi connectivity index (χ3n) is 14.7. The summed E-state index contributed by atoms with van der Waals surface area (Å²) >= 11 is 0. The molecule has 0 saturated carbocycles. The molecule has 0 aliphatic carbocycles. The SMILES string of the molecule is CC/C=C\C/C=C\C/C=C\C/C=C\C/C=C\C/C=C\C/C=C\CCCCCCCCCC(=O)OCC(COC(=O)CCCCCCCCCCCCCCCCCC)OC(=O)CCCCCCCC/C=C\C/C=C\C/C=C\CCCCC. The van der Waals surface area contributed by atoms with Gasteiger partial charge in [-0.15, -0.1) is 0 Å². The lowest BCUT2D eigenvalue weighted by molar-refractivity contribution is -0.167. The Hall–Kier alpha value is -4.19. The molecule has 6 nitrogen and oxygen atoms in total. The summed E-state index contributed by atoms with van der Waals surface area (Å²) in [5.74, 6) is -0.899. The number of carbonyl (C=O) groups excluding carboxylic acids is 3. The molecule has 0 saturated heterocycles. The van der Waals surface area contributed by atoms with Crippen LogP contribution < -0.4 is 0 Å². The van der Waals surface area contributed by atoms with Gasteiger partial charge in [0.2, 0.25) is 0 Å². The van der Waals surface area contributed by atoms with Crippen LogP contribution >= 0.6 is 0 Å². The highest BCUT2D eigenvalue weighted by atomic mass is 16.6. The maximum atomic E-state index is 12.9. The summed E-state index contributed by atoms with van der Waals surface area (Å²) in [6.07, 6.45) is 96.3. The molecule has 82 heavy (non-hydrogen) atoms. The van der Waals surface area contributed by atoms with Crippen LogP contribution in [0.3, 0.4) is 0 Å². The zero-order chi connectivity index (χ0) is 59.2. The van der Waals surface area contributed by atoms with Crippen LogP contribution in [0, 0.1) is 0 Å². The number of hydrogen-bond donors (Lipinski definition) is 0. The Morgan fingerprint density at radius 2 is 0.476 bits per heavy atom. The maximum absolute atomic E-state index is 12.9. The Bertz CT molecular complexity index is 1690. The van der Waals surface area contributed by atoms with Crippen molar-refractivity contribution in [1.82, 2.24) is 0 Å². The van der Waals surface area contributed by atoms with Crippen molar-refractivity contribution in [2.24, 2.45) is 0 Å². The molecular weight excluding hydrogens is 1010 g/mol. The molecule has 0 amide bonds.